The maximum absolute atomic E-state index is 12.9. The highest BCUT2D eigenvalue weighted by molar-refractivity contribution is 5.81. The van der Waals surface area contributed by atoms with Crippen LogP contribution >= 0.6 is 0 Å². The molecule has 0 bridgehead atoms. The molecule has 1 amide bonds. The van der Waals surface area contributed by atoms with Crippen LogP contribution in [0.2, 0.25) is 0 Å². The zero-order valence-electron chi connectivity index (χ0n) is 16.8. The first-order valence-electron chi connectivity index (χ1n) is 9.47. The molecule has 3 nitrogen and oxygen atoms in total. The van der Waals surface area contributed by atoms with Crippen molar-refractivity contribution >= 4 is 5.91 Å². The molecule has 140 valence electrons. The zero-order valence-corrected chi connectivity index (χ0v) is 16.8. The van der Waals surface area contributed by atoms with Crippen molar-refractivity contribution in [2.75, 3.05) is 0 Å². The third-order valence-corrected chi connectivity index (χ3v) is 5.01. The van der Waals surface area contributed by atoms with Gasteiger partial charge in [0.05, 0.1) is 6.04 Å². The van der Waals surface area contributed by atoms with E-state index >= 15 is 0 Å². The lowest BCUT2D eigenvalue weighted by molar-refractivity contribution is -0.129. The van der Waals surface area contributed by atoms with Crippen LogP contribution < -0.4 is 10.1 Å². The minimum absolute atomic E-state index is 0.000596. The topological polar surface area (TPSA) is 38.3 Å². The van der Waals surface area contributed by atoms with Crippen LogP contribution in [0, 0.1) is 27.7 Å². The van der Waals surface area contributed by atoms with Gasteiger partial charge in [-0.1, -0.05) is 49.7 Å². The number of ether oxygens (including phenoxy) is 1. The lowest BCUT2D eigenvalue weighted by Crippen LogP contribution is -2.40. The Hall–Kier alpha value is -2.29. The molecule has 0 saturated carbocycles. The summed E-state index contributed by atoms with van der Waals surface area (Å²) in [5.74, 6) is 0.729. The first-order valence-corrected chi connectivity index (χ1v) is 9.47. The number of hydrogen-bond donors (Lipinski definition) is 1. The van der Waals surface area contributed by atoms with E-state index in [1.54, 1.807) is 0 Å². The number of aryl methyl sites for hydroxylation is 3. The van der Waals surface area contributed by atoms with Crippen molar-refractivity contribution in [2.45, 2.75) is 66.5 Å². The van der Waals surface area contributed by atoms with E-state index in [0.717, 1.165) is 17.7 Å². The molecule has 1 N–H and O–H groups in total. The number of carbonyl (C=O) groups excluding carboxylic acids is 1. The zero-order chi connectivity index (χ0) is 19.3. The molecular formula is C23H31NO2. The molecule has 2 aromatic rings. The molecule has 0 aliphatic heterocycles. The molecule has 3 heteroatoms. The predicted molar refractivity (Wildman–Crippen MR) is 108 cm³/mol. The van der Waals surface area contributed by atoms with Crippen molar-refractivity contribution in [3.8, 4) is 5.75 Å². The number of hydrogen-bond acceptors (Lipinski definition) is 2. The van der Waals surface area contributed by atoms with E-state index in [4.69, 9.17) is 4.74 Å². The summed E-state index contributed by atoms with van der Waals surface area (Å²) < 4.78 is 6.06. The summed E-state index contributed by atoms with van der Waals surface area (Å²) in [5, 5.41) is 3.18. The van der Waals surface area contributed by atoms with Crippen LogP contribution in [-0.2, 0) is 4.79 Å². The van der Waals surface area contributed by atoms with Crippen molar-refractivity contribution in [3.63, 3.8) is 0 Å². The lowest BCUT2D eigenvalue weighted by atomic mass is 9.97. The molecule has 0 unspecified atom stereocenters. The third-order valence-electron chi connectivity index (χ3n) is 5.01. The quantitative estimate of drug-likeness (QED) is 0.729. The fourth-order valence-electron chi connectivity index (χ4n) is 3.21. The molecule has 0 aliphatic carbocycles. The number of benzene rings is 2. The summed E-state index contributed by atoms with van der Waals surface area (Å²) in [7, 11) is 0. The van der Waals surface area contributed by atoms with Crippen molar-refractivity contribution in [1.29, 1.82) is 0 Å². The minimum Gasteiger partial charge on any atom is -0.480 e. The number of carbonyl (C=O) groups is 1. The van der Waals surface area contributed by atoms with E-state index in [1.165, 1.54) is 22.3 Å². The van der Waals surface area contributed by atoms with E-state index < -0.39 is 6.10 Å². The normalized spacial score (nSPS) is 13.2. The summed E-state index contributed by atoms with van der Waals surface area (Å²) in [6, 6.07) is 12.3. The Morgan fingerprint density at radius 3 is 2.35 bits per heavy atom. The Bertz CT molecular complexity index is 767. The van der Waals surface area contributed by atoms with Crippen molar-refractivity contribution in [2.24, 2.45) is 0 Å². The maximum Gasteiger partial charge on any atom is 0.261 e. The van der Waals surface area contributed by atoms with Gasteiger partial charge in [0.15, 0.2) is 6.10 Å². The van der Waals surface area contributed by atoms with Gasteiger partial charge in [0, 0.05) is 0 Å². The van der Waals surface area contributed by atoms with Crippen molar-refractivity contribution < 1.29 is 9.53 Å². The van der Waals surface area contributed by atoms with Crippen LogP contribution in [0.15, 0.2) is 36.4 Å². The molecule has 2 atom stereocenters. The van der Waals surface area contributed by atoms with Gasteiger partial charge in [-0.15, -0.1) is 0 Å². The summed E-state index contributed by atoms with van der Waals surface area (Å²) in [5.41, 5.74) is 5.87. The van der Waals surface area contributed by atoms with Gasteiger partial charge in [0.25, 0.3) is 5.91 Å². The van der Waals surface area contributed by atoms with Gasteiger partial charge < -0.3 is 10.1 Å². The Morgan fingerprint density at radius 1 is 1.00 bits per heavy atom. The largest absolute Gasteiger partial charge is 0.480 e. The summed E-state index contributed by atoms with van der Waals surface area (Å²) >= 11 is 0. The monoisotopic (exact) mass is 353 g/mol. The van der Waals surface area contributed by atoms with Gasteiger partial charge in [-0.3, -0.25) is 4.79 Å². The minimum atomic E-state index is -0.490. The molecule has 0 aromatic heterocycles. The highest BCUT2D eigenvalue weighted by Crippen LogP contribution is 2.24. The molecule has 0 heterocycles. The van der Waals surface area contributed by atoms with E-state index in [9.17, 15) is 4.79 Å². The fraction of sp³-hybridized carbons (Fsp3) is 0.435. The predicted octanol–water partition coefficient (Wildman–Crippen LogP) is 5.35. The summed E-state index contributed by atoms with van der Waals surface area (Å²) in [4.78, 5) is 12.9. The van der Waals surface area contributed by atoms with E-state index in [-0.39, 0.29) is 11.9 Å². The molecule has 0 spiro atoms. The molecular weight excluding hydrogens is 322 g/mol. The van der Waals surface area contributed by atoms with Crippen LogP contribution in [0.4, 0.5) is 0 Å². The summed E-state index contributed by atoms with van der Waals surface area (Å²) in [6.07, 6.45) is 0.980. The third kappa shape index (κ3) is 4.66. The Balaban J connectivity index is 2.15. The second kappa shape index (κ2) is 8.88. The first kappa shape index (κ1) is 20.0. The fourth-order valence-corrected chi connectivity index (χ4v) is 3.21. The van der Waals surface area contributed by atoms with Gasteiger partial charge in [0.1, 0.15) is 5.75 Å². The second-order valence-electron chi connectivity index (χ2n) is 7.04. The van der Waals surface area contributed by atoms with Crippen LogP contribution in [0.3, 0.4) is 0 Å². The Kier molecular flexibility index (Phi) is 6.84. The number of amides is 1. The van der Waals surface area contributed by atoms with Gasteiger partial charge in [-0.05, 0) is 68.9 Å². The van der Waals surface area contributed by atoms with E-state index in [2.05, 4.69) is 57.3 Å². The van der Waals surface area contributed by atoms with Crippen LogP contribution in [-0.4, -0.2) is 12.0 Å². The molecule has 2 rings (SSSR count). The summed E-state index contributed by atoms with van der Waals surface area (Å²) in [6.45, 7) is 12.3. The lowest BCUT2D eigenvalue weighted by Gasteiger charge is -2.24. The van der Waals surface area contributed by atoms with Crippen LogP contribution in [0.25, 0.3) is 0 Å². The first-order chi connectivity index (χ1) is 12.4. The average molecular weight is 354 g/mol. The second-order valence-corrected chi connectivity index (χ2v) is 7.04. The van der Waals surface area contributed by atoms with Crippen molar-refractivity contribution in [1.82, 2.24) is 5.32 Å². The molecule has 26 heavy (non-hydrogen) atoms. The highest BCUT2D eigenvalue weighted by Gasteiger charge is 2.23. The van der Waals surface area contributed by atoms with Crippen LogP contribution in [0.5, 0.6) is 5.75 Å². The maximum atomic E-state index is 12.9. The molecule has 0 aliphatic rings. The van der Waals surface area contributed by atoms with Gasteiger partial charge in [-0.25, -0.2) is 0 Å². The number of rotatable bonds is 7. The molecule has 0 fully saturated rings. The van der Waals surface area contributed by atoms with Crippen molar-refractivity contribution in [3.05, 3.63) is 64.2 Å². The SMILES string of the molecule is CC[C@H](Oc1cccc(C)c1C)C(=O)N[C@H](CC)c1ccc(C)cc1C. The van der Waals surface area contributed by atoms with Gasteiger partial charge >= 0.3 is 0 Å². The van der Waals surface area contributed by atoms with E-state index in [0.29, 0.717) is 6.42 Å². The Morgan fingerprint density at radius 2 is 1.73 bits per heavy atom. The molecule has 0 radical (unpaired) electrons. The molecule has 2 aromatic carbocycles. The van der Waals surface area contributed by atoms with Gasteiger partial charge in [-0.2, -0.15) is 0 Å². The van der Waals surface area contributed by atoms with Crippen LogP contribution in [0.1, 0.15) is 60.5 Å². The standard InChI is InChI=1S/C23H31NO2/c1-7-20(19-13-12-15(3)14-17(19)5)24-23(25)21(8-2)26-22-11-9-10-16(4)18(22)6/h9-14,20-21H,7-8H2,1-6H3,(H,24,25)/t20-,21+/m1/s1. The highest BCUT2D eigenvalue weighted by atomic mass is 16.5. The Labute approximate surface area is 157 Å². The smallest absolute Gasteiger partial charge is 0.261 e. The average Bonchev–Trinajstić information content (AvgIpc) is 2.61. The number of nitrogens with one attached hydrogen (secondary N) is 1. The van der Waals surface area contributed by atoms with E-state index in [1.807, 2.05) is 26.0 Å². The molecule has 0 saturated heterocycles. The van der Waals surface area contributed by atoms with Gasteiger partial charge in [0.2, 0.25) is 0 Å².